The number of ether oxygens (including phenoxy) is 1. The molecule has 0 saturated carbocycles. The SMILES string of the molecule is O=C(Nc1ccc(OC(F)(F)F)cc1)c1cccc(-c2ccco2)c1. The maximum atomic E-state index is 12.3. The van der Waals surface area contributed by atoms with Crippen LogP contribution >= 0.6 is 0 Å². The maximum absolute atomic E-state index is 12.3. The average molecular weight is 347 g/mol. The molecule has 0 atom stereocenters. The molecule has 25 heavy (non-hydrogen) atoms. The molecule has 0 unspecified atom stereocenters. The second kappa shape index (κ2) is 6.72. The van der Waals surface area contributed by atoms with Gasteiger partial charge in [0.25, 0.3) is 5.91 Å². The highest BCUT2D eigenvalue weighted by molar-refractivity contribution is 6.04. The highest BCUT2D eigenvalue weighted by atomic mass is 19.4. The fourth-order valence-corrected chi connectivity index (χ4v) is 2.20. The Morgan fingerprint density at radius 3 is 2.40 bits per heavy atom. The zero-order chi connectivity index (χ0) is 17.9. The molecule has 0 aliphatic carbocycles. The van der Waals surface area contributed by atoms with E-state index < -0.39 is 12.3 Å². The van der Waals surface area contributed by atoms with Crippen LogP contribution in [0, 0.1) is 0 Å². The number of carbonyl (C=O) groups is 1. The van der Waals surface area contributed by atoms with Gasteiger partial charge in [-0.2, -0.15) is 0 Å². The van der Waals surface area contributed by atoms with Crippen molar-refractivity contribution in [3.8, 4) is 17.1 Å². The van der Waals surface area contributed by atoms with Crippen molar-refractivity contribution in [2.24, 2.45) is 0 Å². The number of hydrogen-bond acceptors (Lipinski definition) is 3. The van der Waals surface area contributed by atoms with Crippen molar-refractivity contribution < 1.29 is 27.1 Å². The van der Waals surface area contributed by atoms with Crippen LogP contribution in [0.15, 0.2) is 71.3 Å². The lowest BCUT2D eigenvalue weighted by Gasteiger charge is -2.10. The van der Waals surface area contributed by atoms with Gasteiger partial charge in [-0.1, -0.05) is 12.1 Å². The van der Waals surface area contributed by atoms with E-state index in [1.165, 1.54) is 18.4 Å². The van der Waals surface area contributed by atoms with Gasteiger partial charge in [0.05, 0.1) is 6.26 Å². The standard InChI is InChI=1S/C18H12F3NO3/c19-18(20,21)25-15-8-6-14(7-9-15)22-17(23)13-4-1-3-12(11-13)16-5-2-10-24-16/h1-11H,(H,22,23). The van der Waals surface area contributed by atoms with Crippen molar-refractivity contribution in [1.29, 1.82) is 0 Å². The van der Waals surface area contributed by atoms with E-state index in [4.69, 9.17) is 4.42 Å². The van der Waals surface area contributed by atoms with Crippen molar-refractivity contribution in [3.63, 3.8) is 0 Å². The van der Waals surface area contributed by atoms with Crippen molar-refractivity contribution in [3.05, 3.63) is 72.5 Å². The van der Waals surface area contributed by atoms with E-state index in [1.54, 1.807) is 36.4 Å². The van der Waals surface area contributed by atoms with Crippen LogP contribution < -0.4 is 10.1 Å². The zero-order valence-electron chi connectivity index (χ0n) is 12.7. The molecule has 0 bridgehead atoms. The molecule has 3 aromatic rings. The summed E-state index contributed by atoms with van der Waals surface area (Å²) in [7, 11) is 0. The van der Waals surface area contributed by atoms with Crippen molar-refractivity contribution in [1.82, 2.24) is 0 Å². The zero-order valence-corrected chi connectivity index (χ0v) is 12.7. The Balaban J connectivity index is 1.71. The minimum atomic E-state index is -4.75. The van der Waals surface area contributed by atoms with Gasteiger partial charge in [-0.3, -0.25) is 4.79 Å². The summed E-state index contributed by atoms with van der Waals surface area (Å²) in [4.78, 5) is 12.3. The Morgan fingerprint density at radius 2 is 1.76 bits per heavy atom. The van der Waals surface area contributed by atoms with Gasteiger partial charge in [-0.15, -0.1) is 13.2 Å². The average Bonchev–Trinajstić information content (AvgIpc) is 3.10. The van der Waals surface area contributed by atoms with E-state index in [0.717, 1.165) is 17.7 Å². The van der Waals surface area contributed by atoms with Gasteiger partial charge in [0.15, 0.2) is 0 Å². The third-order valence-electron chi connectivity index (χ3n) is 3.28. The fourth-order valence-electron chi connectivity index (χ4n) is 2.20. The Bertz CT molecular complexity index is 856. The molecule has 1 N–H and O–H groups in total. The number of anilines is 1. The molecule has 0 saturated heterocycles. The smallest absolute Gasteiger partial charge is 0.464 e. The van der Waals surface area contributed by atoms with E-state index in [2.05, 4.69) is 10.1 Å². The molecule has 1 amide bonds. The monoisotopic (exact) mass is 347 g/mol. The van der Waals surface area contributed by atoms with Gasteiger partial charge in [0.2, 0.25) is 0 Å². The molecule has 128 valence electrons. The molecule has 2 aromatic carbocycles. The summed E-state index contributed by atoms with van der Waals surface area (Å²) in [5.41, 5.74) is 1.49. The molecule has 0 aliphatic rings. The second-order valence-electron chi connectivity index (χ2n) is 5.08. The number of halogens is 3. The van der Waals surface area contributed by atoms with E-state index in [9.17, 15) is 18.0 Å². The first-order chi connectivity index (χ1) is 11.9. The van der Waals surface area contributed by atoms with E-state index in [1.807, 2.05) is 0 Å². The number of furan rings is 1. The van der Waals surface area contributed by atoms with Crippen LogP contribution in [0.5, 0.6) is 5.75 Å². The minimum Gasteiger partial charge on any atom is -0.464 e. The molecule has 0 radical (unpaired) electrons. The summed E-state index contributed by atoms with van der Waals surface area (Å²) < 4.78 is 45.5. The third-order valence-corrected chi connectivity index (χ3v) is 3.28. The first-order valence-corrected chi connectivity index (χ1v) is 7.22. The van der Waals surface area contributed by atoms with Gasteiger partial charge in [-0.25, -0.2) is 0 Å². The summed E-state index contributed by atoms with van der Waals surface area (Å²) in [5.74, 6) is -0.119. The van der Waals surface area contributed by atoms with Gasteiger partial charge < -0.3 is 14.5 Å². The molecule has 1 heterocycles. The first-order valence-electron chi connectivity index (χ1n) is 7.22. The summed E-state index contributed by atoms with van der Waals surface area (Å²) in [6, 6.07) is 15.2. The molecule has 0 spiro atoms. The molecular formula is C18H12F3NO3. The van der Waals surface area contributed by atoms with Crippen molar-refractivity contribution >= 4 is 11.6 Å². The lowest BCUT2D eigenvalue weighted by atomic mass is 10.1. The van der Waals surface area contributed by atoms with E-state index in [-0.39, 0.29) is 5.75 Å². The van der Waals surface area contributed by atoms with Crippen LogP contribution in [0.4, 0.5) is 18.9 Å². The predicted octanol–water partition coefficient (Wildman–Crippen LogP) is 5.10. The number of benzene rings is 2. The number of nitrogens with one attached hydrogen (secondary N) is 1. The van der Waals surface area contributed by atoms with Crippen molar-refractivity contribution in [2.45, 2.75) is 6.36 Å². The molecule has 7 heteroatoms. The third kappa shape index (κ3) is 4.41. The topological polar surface area (TPSA) is 51.5 Å². The predicted molar refractivity (Wildman–Crippen MR) is 85.2 cm³/mol. The summed E-state index contributed by atoms with van der Waals surface area (Å²) in [5, 5.41) is 2.61. The minimum absolute atomic E-state index is 0.350. The molecule has 0 aliphatic heterocycles. The first kappa shape index (κ1) is 16.6. The Hall–Kier alpha value is -3.22. The largest absolute Gasteiger partial charge is 0.573 e. The van der Waals surface area contributed by atoms with Gasteiger partial charge in [0, 0.05) is 16.8 Å². The highest BCUT2D eigenvalue weighted by Crippen LogP contribution is 2.25. The van der Waals surface area contributed by atoms with Crippen LogP contribution in [0.25, 0.3) is 11.3 Å². The Morgan fingerprint density at radius 1 is 1.00 bits per heavy atom. The molecular weight excluding hydrogens is 335 g/mol. The van der Waals surface area contributed by atoms with Crippen LogP contribution in [-0.2, 0) is 0 Å². The molecule has 4 nitrogen and oxygen atoms in total. The van der Waals surface area contributed by atoms with Crippen LogP contribution in [0.2, 0.25) is 0 Å². The highest BCUT2D eigenvalue weighted by Gasteiger charge is 2.30. The fraction of sp³-hybridized carbons (Fsp3) is 0.0556. The lowest BCUT2D eigenvalue weighted by Crippen LogP contribution is -2.17. The normalized spacial score (nSPS) is 11.2. The molecule has 0 fully saturated rings. The van der Waals surface area contributed by atoms with Gasteiger partial charge in [-0.05, 0) is 48.5 Å². The van der Waals surface area contributed by atoms with Crippen LogP contribution in [0.3, 0.4) is 0 Å². The Labute approximate surface area is 140 Å². The summed E-state index contributed by atoms with van der Waals surface area (Å²) in [6.07, 6.45) is -3.22. The molecule has 3 rings (SSSR count). The van der Waals surface area contributed by atoms with E-state index in [0.29, 0.717) is 17.0 Å². The Kier molecular flexibility index (Phi) is 4.47. The summed E-state index contributed by atoms with van der Waals surface area (Å²) >= 11 is 0. The van der Waals surface area contributed by atoms with Crippen molar-refractivity contribution in [2.75, 3.05) is 5.32 Å². The van der Waals surface area contributed by atoms with Gasteiger partial charge >= 0.3 is 6.36 Å². The number of rotatable bonds is 4. The number of carbonyl (C=O) groups excluding carboxylic acids is 1. The van der Waals surface area contributed by atoms with Crippen LogP contribution in [-0.4, -0.2) is 12.3 Å². The summed E-state index contributed by atoms with van der Waals surface area (Å²) in [6.45, 7) is 0. The number of amides is 1. The van der Waals surface area contributed by atoms with E-state index >= 15 is 0 Å². The van der Waals surface area contributed by atoms with Gasteiger partial charge in [0.1, 0.15) is 11.5 Å². The second-order valence-corrected chi connectivity index (χ2v) is 5.08. The number of alkyl halides is 3. The number of hydrogen-bond donors (Lipinski definition) is 1. The van der Waals surface area contributed by atoms with Crippen LogP contribution in [0.1, 0.15) is 10.4 Å². The maximum Gasteiger partial charge on any atom is 0.573 e. The lowest BCUT2D eigenvalue weighted by molar-refractivity contribution is -0.274. The quantitative estimate of drug-likeness (QED) is 0.714. The molecule has 1 aromatic heterocycles.